The van der Waals surface area contributed by atoms with Crippen molar-refractivity contribution < 1.29 is 4.42 Å². The molecule has 202 valence electrons. The highest BCUT2D eigenvalue weighted by Gasteiger charge is 2.30. The summed E-state index contributed by atoms with van der Waals surface area (Å²) in [7, 11) is 0. The van der Waals surface area contributed by atoms with Gasteiger partial charge in [0.15, 0.2) is 5.42 Å². The Morgan fingerprint density at radius 3 is 2.17 bits per heavy atom. The second kappa shape index (κ2) is 9.34. The summed E-state index contributed by atoms with van der Waals surface area (Å²) < 4.78 is 9.28. The zero-order valence-corrected chi connectivity index (χ0v) is 23.3. The fourth-order valence-electron chi connectivity index (χ4n) is 7.47. The maximum atomic E-state index is 6.84. The molecule has 7 aromatic rings. The van der Waals surface area contributed by atoms with E-state index in [-0.39, 0.29) is 12.1 Å². The Balaban J connectivity index is 1.30. The smallest absolute Gasteiger partial charge is 0.154 e. The van der Waals surface area contributed by atoms with Crippen LogP contribution in [-0.2, 0) is 6.42 Å². The lowest BCUT2D eigenvalue weighted by atomic mass is 9.83. The molecule has 0 bridgehead atoms. The van der Waals surface area contributed by atoms with Gasteiger partial charge in [0, 0.05) is 27.4 Å². The minimum absolute atomic E-state index is 0.0672. The summed E-state index contributed by atoms with van der Waals surface area (Å²) in [6.45, 7) is 0. The van der Waals surface area contributed by atoms with Crippen LogP contribution in [0.1, 0.15) is 47.2 Å². The lowest BCUT2D eigenvalue weighted by Gasteiger charge is -2.34. The Labute approximate surface area is 244 Å². The normalized spacial score (nSPS) is 18.2. The third kappa shape index (κ3) is 3.50. The predicted molar refractivity (Wildman–Crippen MR) is 172 cm³/mol. The van der Waals surface area contributed by atoms with Gasteiger partial charge in [-0.2, -0.15) is 0 Å². The van der Waals surface area contributed by atoms with Gasteiger partial charge in [0.25, 0.3) is 0 Å². The molecule has 0 spiro atoms. The number of hydrogen-bond acceptors (Lipinski definition) is 2. The molecule has 42 heavy (non-hydrogen) atoms. The summed E-state index contributed by atoms with van der Waals surface area (Å²) in [6.07, 6.45) is 5.29. The lowest BCUT2D eigenvalue weighted by Crippen LogP contribution is -2.35. The molecular formula is C39H30N2O. The molecule has 0 fully saturated rings. The third-order valence-electron chi connectivity index (χ3n) is 9.30. The van der Waals surface area contributed by atoms with Crippen LogP contribution in [0.25, 0.3) is 44.5 Å². The molecule has 2 aromatic heterocycles. The molecule has 0 saturated carbocycles. The average molecular weight is 543 g/mol. The number of benzene rings is 5. The fourth-order valence-corrected chi connectivity index (χ4v) is 7.47. The summed E-state index contributed by atoms with van der Waals surface area (Å²) in [5.41, 5.74) is 11.0. The third-order valence-corrected chi connectivity index (χ3v) is 9.30. The van der Waals surface area contributed by atoms with Crippen LogP contribution in [-0.4, -0.2) is 4.57 Å². The monoisotopic (exact) mass is 542 g/mol. The van der Waals surface area contributed by atoms with Crippen molar-refractivity contribution in [1.29, 1.82) is 0 Å². The Morgan fingerprint density at radius 2 is 1.36 bits per heavy atom. The zero-order chi connectivity index (χ0) is 27.6. The van der Waals surface area contributed by atoms with Crippen molar-refractivity contribution in [3.63, 3.8) is 0 Å². The topological polar surface area (TPSA) is 30.1 Å². The molecule has 2 aliphatic rings. The Morgan fingerprint density at radius 1 is 0.667 bits per heavy atom. The van der Waals surface area contributed by atoms with E-state index in [0.29, 0.717) is 0 Å². The number of rotatable bonds is 3. The van der Waals surface area contributed by atoms with Gasteiger partial charge < -0.3 is 8.98 Å². The molecule has 3 heteroatoms. The highest BCUT2D eigenvalue weighted by molar-refractivity contribution is 6.10. The number of nitrogens with one attached hydrogen (secondary N) is 1. The van der Waals surface area contributed by atoms with Crippen molar-refractivity contribution in [2.24, 2.45) is 0 Å². The van der Waals surface area contributed by atoms with E-state index < -0.39 is 0 Å². The Bertz CT molecular complexity index is 2220. The van der Waals surface area contributed by atoms with Crippen LogP contribution >= 0.6 is 0 Å². The molecule has 1 N–H and O–H groups in total. The Hall–Kier alpha value is -4.86. The molecule has 3 nitrogen and oxygen atoms in total. The molecule has 0 radical (unpaired) electrons. The van der Waals surface area contributed by atoms with E-state index in [1.54, 1.807) is 0 Å². The van der Waals surface area contributed by atoms with Crippen LogP contribution in [0.4, 0.5) is 0 Å². The molecule has 0 amide bonds. The van der Waals surface area contributed by atoms with Crippen molar-refractivity contribution >= 4 is 44.5 Å². The molecule has 2 atom stereocenters. The second-order valence-corrected chi connectivity index (χ2v) is 11.6. The van der Waals surface area contributed by atoms with Crippen molar-refractivity contribution in [1.82, 2.24) is 9.88 Å². The number of para-hydroxylation sites is 2. The highest BCUT2D eigenvalue weighted by atomic mass is 16.3. The molecule has 0 saturated heterocycles. The van der Waals surface area contributed by atoms with Gasteiger partial charge in [0.05, 0.1) is 22.8 Å². The van der Waals surface area contributed by atoms with Crippen molar-refractivity contribution in [3.05, 3.63) is 154 Å². The molecule has 5 aromatic carbocycles. The first-order valence-corrected chi connectivity index (χ1v) is 15.0. The van der Waals surface area contributed by atoms with E-state index >= 15 is 0 Å². The zero-order valence-electron chi connectivity index (χ0n) is 23.3. The van der Waals surface area contributed by atoms with Crippen molar-refractivity contribution in [2.75, 3.05) is 0 Å². The minimum atomic E-state index is 0.0672. The van der Waals surface area contributed by atoms with Gasteiger partial charge in [-0.25, -0.2) is 0 Å². The van der Waals surface area contributed by atoms with Crippen LogP contribution in [0.3, 0.4) is 0 Å². The van der Waals surface area contributed by atoms with E-state index in [0.717, 1.165) is 30.3 Å². The summed E-state index contributed by atoms with van der Waals surface area (Å²) in [6, 6.07) is 44.2. The van der Waals surface area contributed by atoms with E-state index in [9.17, 15) is 0 Å². The molecule has 3 heterocycles. The minimum Gasteiger partial charge on any atom is -0.454 e. The van der Waals surface area contributed by atoms with Crippen LogP contribution in [0.2, 0.25) is 0 Å². The second-order valence-electron chi connectivity index (χ2n) is 11.6. The van der Waals surface area contributed by atoms with Crippen molar-refractivity contribution in [2.45, 2.75) is 31.3 Å². The van der Waals surface area contributed by atoms with E-state index in [4.69, 9.17) is 4.42 Å². The summed E-state index contributed by atoms with van der Waals surface area (Å²) in [5, 5.41) is 9.07. The summed E-state index contributed by atoms with van der Waals surface area (Å²) in [4.78, 5) is 0. The standard InChI is InChI=1S/C39H30N2O/c1-2-12-25(13-3-1)32-24-26-14-4-5-15-27(26)38(40-32)30-18-11-23-36-37(30)31-19-10-22-35(39(31)42-36)41-33-20-8-6-16-28(33)29-17-7-9-21-34(29)41/h1-9,11-21,23,32,38,40H,10,22,24H2. The SMILES string of the molecule is C1=c2c(oc3cccc(C4NC(c5ccccc5)Cc5ccccc54)c23)=C(n2c3ccccc3c3ccccc32)CC1. The lowest BCUT2D eigenvalue weighted by molar-refractivity contribution is 0.452. The number of nitrogens with zero attached hydrogens (tertiary/aromatic N) is 1. The first-order valence-electron chi connectivity index (χ1n) is 15.0. The number of furan rings is 1. The van der Waals surface area contributed by atoms with Gasteiger partial charge in [-0.05, 0) is 59.7 Å². The van der Waals surface area contributed by atoms with Gasteiger partial charge in [-0.15, -0.1) is 0 Å². The van der Waals surface area contributed by atoms with Gasteiger partial charge in [-0.3, -0.25) is 5.32 Å². The molecule has 9 rings (SSSR count). The maximum absolute atomic E-state index is 6.84. The van der Waals surface area contributed by atoms with Crippen molar-refractivity contribution in [3.8, 4) is 0 Å². The van der Waals surface area contributed by atoms with E-state index in [2.05, 4.69) is 137 Å². The summed E-state index contributed by atoms with van der Waals surface area (Å²) in [5.74, 6) is 0. The summed E-state index contributed by atoms with van der Waals surface area (Å²) >= 11 is 0. The average Bonchev–Trinajstić information content (AvgIpc) is 3.61. The van der Waals surface area contributed by atoms with Crippen LogP contribution in [0.15, 0.2) is 126 Å². The van der Waals surface area contributed by atoms with Crippen LogP contribution < -0.4 is 16.0 Å². The highest BCUT2D eigenvalue weighted by Crippen LogP contribution is 2.38. The fraction of sp³-hybridized carbons (Fsp3) is 0.128. The van der Waals surface area contributed by atoms with Gasteiger partial charge in [0.1, 0.15) is 5.58 Å². The predicted octanol–water partition coefficient (Wildman–Crippen LogP) is 7.75. The van der Waals surface area contributed by atoms with Gasteiger partial charge >= 0.3 is 0 Å². The molecule has 1 aliphatic carbocycles. The van der Waals surface area contributed by atoms with E-state index in [1.807, 2.05) is 0 Å². The number of fused-ring (bicyclic) bond motifs is 7. The molecular weight excluding hydrogens is 512 g/mol. The first kappa shape index (κ1) is 23.8. The molecule has 2 unspecified atom stereocenters. The molecule has 1 aliphatic heterocycles. The van der Waals surface area contributed by atoms with E-state index in [1.165, 1.54) is 60.4 Å². The number of hydrogen-bond donors (Lipinski definition) is 1. The van der Waals surface area contributed by atoms with Gasteiger partial charge in [0.2, 0.25) is 0 Å². The number of aromatic nitrogens is 1. The van der Waals surface area contributed by atoms with Crippen LogP contribution in [0, 0.1) is 0 Å². The first-order chi connectivity index (χ1) is 20.8. The largest absolute Gasteiger partial charge is 0.454 e. The maximum Gasteiger partial charge on any atom is 0.154 e. The quantitative estimate of drug-likeness (QED) is 0.247. The Kier molecular flexibility index (Phi) is 5.29. The van der Waals surface area contributed by atoms with Gasteiger partial charge in [-0.1, -0.05) is 109 Å². The van der Waals surface area contributed by atoms with Crippen LogP contribution in [0.5, 0.6) is 0 Å².